The summed E-state index contributed by atoms with van der Waals surface area (Å²) in [5.41, 5.74) is -3.19. The Balaban J connectivity index is 2.10. The van der Waals surface area contributed by atoms with Crippen LogP contribution in [0.5, 0.6) is 0 Å². The molecule has 4 rings (SSSR count). The molecule has 0 spiro atoms. The van der Waals surface area contributed by atoms with E-state index in [1.165, 1.54) is 18.2 Å². The number of carboxylic acid groups (broad SMARTS) is 6. The predicted molar refractivity (Wildman–Crippen MR) is 129 cm³/mol. The Labute approximate surface area is 235 Å². The smallest absolute Gasteiger partial charge is 0.0715 e. The van der Waals surface area contributed by atoms with Crippen molar-refractivity contribution in [2.24, 2.45) is 0 Å². The van der Waals surface area contributed by atoms with Crippen molar-refractivity contribution in [2.75, 3.05) is 0 Å². The van der Waals surface area contributed by atoms with E-state index in [2.05, 4.69) is 0 Å². The van der Waals surface area contributed by atoms with E-state index < -0.39 is 69.2 Å². The van der Waals surface area contributed by atoms with E-state index in [4.69, 9.17) is 0 Å². The summed E-state index contributed by atoms with van der Waals surface area (Å²) in [6.45, 7) is 0. The van der Waals surface area contributed by atoms with Crippen LogP contribution in [-0.4, -0.2) is 35.8 Å². The maximum Gasteiger partial charge on any atom is 0.0715 e. The van der Waals surface area contributed by atoms with Gasteiger partial charge in [0.05, 0.1) is 35.8 Å². The van der Waals surface area contributed by atoms with Crippen molar-refractivity contribution in [1.29, 1.82) is 0 Å². The van der Waals surface area contributed by atoms with Crippen LogP contribution in [0.4, 0.5) is 0 Å². The highest BCUT2D eigenvalue weighted by Gasteiger charge is 2.14. The second-order valence-electron chi connectivity index (χ2n) is 8.92. The summed E-state index contributed by atoms with van der Waals surface area (Å²) in [6, 6.07) is 12.7. The molecule has 0 saturated carbocycles. The Hall–Kier alpha value is -6.30. The van der Waals surface area contributed by atoms with Gasteiger partial charge in [0.1, 0.15) is 0 Å². The molecular formula is C30H12O12-6. The minimum absolute atomic E-state index is 0.0358. The third-order valence-electron chi connectivity index (χ3n) is 6.15. The molecule has 0 radical (unpaired) electrons. The highest BCUT2D eigenvalue weighted by Crippen LogP contribution is 2.35. The molecule has 12 heteroatoms. The standard InChI is InChI=1S/C30H18O12/c31-25(32)19-4-16(5-20(10-19)26(33)34)13-1-14(17-6-21(27(35)36)11-22(7-17)28(37)38)3-15(2-13)18-8-23(29(39)40)12-24(9-18)30(41)42/h1-12H,(H,31,32)(H,33,34)(H,35,36)(H,37,38)(H,39,40)(H,41,42)/p-6. The van der Waals surface area contributed by atoms with Gasteiger partial charge >= 0.3 is 0 Å². The summed E-state index contributed by atoms with van der Waals surface area (Å²) in [7, 11) is 0. The first-order valence-electron chi connectivity index (χ1n) is 11.6. The van der Waals surface area contributed by atoms with Crippen molar-refractivity contribution in [2.45, 2.75) is 0 Å². The van der Waals surface area contributed by atoms with E-state index in [0.29, 0.717) is 0 Å². The Morgan fingerprint density at radius 3 is 0.548 bits per heavy atom. The molecule has 42 heavy (non-hydrogen) atoms. The number of carbonyl (C=O) groups is 6. The van der Waals surface area contributed by atoms with Gasteiger partial charge < -0.3 is 59.4 Å². The fourth-order valence-corrected chi connectivity index (χ4v) is 4.22. The zero-order chi connectivity index (χ0) is 30.9. The molecule has 4 aromatic carbocycles. The highest BCUT2D eigenvalue weighted by molar-refractivity contribution is 5.98. The van der Waals surface area contributed by atoms with Gasteiger partial charge in [-0.1, -0.05) is 0 Å². The zero-order valence-corrected chi connectivity index (χ0v) is 20.8. The molecular weight excluding hydrogens is 552 g/mol. The maximum absolute atomic E-state index is 11.6. The van der Waals surface area contributed by atoms with Gasteiger partial charge in [-0.25, -0.2) is 0 Å². The Morgan fingerprint density at radius 2 is 0.405 bits per heavy atom. The predicted octanol–water partition coefficient (Wildman–Crippen LogP) is -3.13. The molecule has 12 nitrogen and oxygen atoms in total. The monoisotopic (exact) mass is 564 g/mol. The van der Waals surface area contributed by atoms with Crippen LogP contribution in [0.25, 0.3) is 33.4 Å². The van der Waals surface area contributed by atoms with Gasteiger partial charge in [0.25, 0.3) is 0 Å². The Kier molecular flexibility index (Phi) is 7.56. The minimum atomic E-state index is -1.73. The molecule has 0 aliphatic heterocycles. The van der Waals surface area contributed by atoms with E-state index >= 15 is 0 Å². The first-order chi connectivity index (χ1) is 19.7. The van der Waals surface area contributed by atoms with Gasteiger partial charge in [0.2, 0.25) is 0 Å². The molecule has 0 unspecified atom stereocenters. The molecule has 0 aromatic heterocycles. The van der Waals surface area contributed by atoms with Crippen LogP contribution in [-0.2, 0) is 0 Å². The van der Waals surface area contributed by atoms with Crippen molar-refractivity contribution >= 4 is 35.8 Å². The van der Waals surface area contributed by atoms with Crippen molar-refractivity contribution in [3.05, 3.63) is 106 Å². The molecule has 0 amide bonds. The molecule has 210 valence electrons. The third kappa shape index (κ3) is 5.97. The SMILES string of the molecule is O=C([O-])c1cc(C(=O)[O-])cc(-c2cc(-c3cc(C(=O)[O-])cc(C(=O)[O-])c3)cc(-c3cc(C(=O)[O-])cc(C(=O)[O-])c3)c2)c1. The fourth-order valence-electron chi connectivity index (χ4n) is 4.22. The van der Waals surface area contributed by atoms with Crippen LogP contribution < -0.4 is 30.6 Å². The van der Waals surface area contributed by atoms with Gasteiger partial charge in [-0.3, -0.25) is 0 Å². The van der Waals surface area contributed by atoms with Gasteiger partial charge in [0, 0.05) is 0 Å². The minimum Gasteiger partial charge on any atom is -0.545 e. The first-order valence-corrected chi connectivity index (χ1v) is 11.6. The highest BCUT2D eigenvalue weighted by atomic mass is 16.4. The van der Waals surface area contributed by atoms with Crippen molar-refractivity contribution in [3.8, 4) is 33.4 Å². The number of aromatic carboxylic acids is 6. The van der Waals surface area contributed by atoms with Crippen LogP contribution in [0.15, 0.2) is 72.8 Å². The van der Waals surface area contributed by atoms with E-state index in [0.717, 1.165) is 54.6 Å². The van der Waals surface area contributed by atoms with Crippen LogP contribution >= 0.6 is 0 Å². The zero-order valence-electron chi connectivity index (χ0n) is 20.8. The van der Waals surface area contributed by atoms with Gasteiger partial charge in [-0.05, 0) is 140 Å². The molecule has 0 aliphatic carbocycles. The number of benzene rings is 4. The first kappa shape index (κ1) is 28.7. The number of rotatable bonds is 9. The third-order valence-corrected chi connectivity index (χ3v) is 6.15. The van der Waals surface area contributed by atoms with Gasteiger partial charge in [-0.2, -0.15) is 0 Å². The molecule has 0 N–H and O–H groups in total. The topological polar surface area (TPSA) is 241 Å². The lowest BCUT2D eigenvalue weighted by Gasteiger charge is -2.17. The summed E-state index contributed by atoms with van der Waals surface area (Å²) in [5, 5.41) is 69.4. The molecule has 0 heterocycles. The largest absolute Gasteiger partial charge is 0.545 e. The molecule has 0 aliphatic rings. The van der Waals surface area contributed by atoms with Crippen LogP contribution in [0.1, 0.15) is 62.1 Å². The van der Waals surface area contributed by atoms with E-state index in [-0.39, 0.29) is 33.4 Å². The van der Waals surface area contributed by atoms with Crippen LogP contribution in [0.3, 0.4) is 0 Å². The lowest BCUT2D eigenvalue weighted by Crippen LogP contribution is -2.25. The molecule has 0 saturated heterocycles. The van der Waals surface area contributed by atoms with E-state index in [1.807, 2.05) is 0 Å². The molecule has 4 aromatic rings. The average molecular weight is 564 g/mol. The second kappa shape index (κ2) is 11.1. The number of hydrogen-bond donors (Lipinski definition) is 0. The van der Waals surface area contributed by atoms with E-state index in [1.54, 1.807) is 0 Å². The van der Waals surface area contributed by atoms with Gasteiger partial charge in [0.15, 0.2) is 0 Å². The number of carboxylic acids is 6. The quantitative estimate of drug-likeness (QED) is 0.196. The molecule has 0 atom stereocenters. The number of carbonyl (C=O) groups excluding carboxylic acids is 6. The van der Waals surface area contributed by atoms with E-state index in [9.17, 15) is 59.4 Å². The number of hydrogen-bond acceptors (Lipinski definition) is 12. The van der Waals surface area contributed by atoms with Crippen molar-refractivity contribution in [3.63, 3.8) is 0 Å². The van der Waals surface area contributed by atoms with Crippen LogP contribution in [0.2, 0.25) is 0 Å². The fraction of sp³-hybridized carbons (Fsp3) is 0. The maximum atomic E-state index is 11.6. The lowest BCUT2D eigenvalue weighted by molar-refractivity contribution is -0.257. The second-order valence-corrected chi connectivity index (χ2v) is 8.92. The Morgan fingerprint density at radius 1 is 0.262 bits per heavy atom. The summed E-state index contributed by atoms with van der Waals surface area (Å²) in [4.78, 5) is 69.4. The summed E-state index contributed by atoms with van der Waals surface area (Å²) in [6.07, 6.45) is 0. The average Bonchev–Trinajstić information content (AvgIpc) is 2.95. The summed E-state index contributed by atoms with van der Waals surface area (Å²) in [5.74, 6) is -10.4. The summed E-state index contributed by atoms with van der Waals surface area (Å²) >= 11 is 0. The molecule has 0 bridgehead atoms. The molecule has 0 fully saturated rings. The lowest BCUT2D eigenvalue weighted by atomic mass is 9.90. The van der Waals surface area contributed by atoms with Crippen LogP contribution in [0, 0.1) is 0 Å². The normalized spacial score (nSPS) is 10.6. The summed E-state index contributed by atoms with van der Waals surface area (Å²) < 4.78 is 0. The van der Waals surface area contributed by atoms with Crippen molar-refractivity contribution in [1.82, 2.24) is 0 Å². The Bertz CT molecular complexity index is 1530. The van der Waals surface area contributed by atoms with Crippen molar-refractivity contribution < 1.29 is 59.4 Å². The van der Waals surface area contributed by atoms with Gasteiger partial charge in [-0.15, -0.1) is 0 Å².